The third kappa shape index (κ3) is 6.72. The van der Waals surface area contributed by atoms with E-state index in [1.165, 1.54) is 22.1 Å². The monoisotopic (exact) mass is 583 g/mol. The zero-order valence-electron chi connectivity index (χ0n) is 15.7. The van der Waals surface area contributed by atoms with E-state index in [2.05, 4.69) is 27.9 Å². The summed E-state index contributed by atoms with van der Waals surface area (Å²) in [5, 5.41) is 13.4. The van der Waals surface area contributed by atoms with E-state index in [-0.39, 0.29) is 4.90 Å². The summed E-state index contributed by atoms with van der Waals surface area (Å²) >= 11 is 15.5. The zero-order valence-corrected chi connectivity index (χ0v) is 21.0. The van der Waals surface area contributed by atoms with Crippen LogP contribution in [0.2, 0.25) is 10.0 Å². The van der Waals surface area contributed by atoms with Crippen molar-refractivity contribution in [3.05, 3.63) is 52.0 Å². The first-order valence-corrected chi connectivity index (χ1v) is 13.8. The molecule has 156 valence electrons. The van der Waals surface area contributed by atoms with Crippen LogP contribution in [0, 0.1) is 11.3 Å². The van der Waals surface area contributed by atoms with Crippen molar-refractivity contribution in [1.29, 1.82) is 5.26 Å². The minimum absolute atomic E-state index is 0.129. The maximum Gasteiger partial charge on any atom is 0.244 e. The fourth-order valence-electron chi connectivity index (χ4n) is 2.78. The molecule has 0 aromatic heterocycles. The Morgan fingerprint density at radius 3 is 2.45 bits per heavy atom. The molecule has 5 nitrogen and oxygen atoms in total. The molecule has 1 aliphatic heterocycles. The summed E-state index contributed by atoms with van der Waals surface area (Å²) in [7, 11) is -3.73. The lowest BCUT2D eigenvalue weighted by atomic mass is 10.2. The molecule has 1 fully saturated rings. The maximum atomic E-state index is 13.3. The summed E-state index contributed by atoms with van der Waals surface area (Å²) in [5.41, 5.74) is 0.301. The quantitative estimate of drug-likeness (QED) is 0.403. The van der Waals surface area contributed by atoms with Gasteiger partial charge in [0.05, 0.1) is 16.5 Å². The number of benzene rings is 2. The van der Waals surface area contributed by atoms with E-state index in [4.69, 9.17) is 23.2 Å². The predicted octanol–water partition coefficient (Wildman–Crippen LogP) is 5.05. The fourth-order valence-corrected chi connectivity index (χ4v) is 6.37. The summed E-state index contributed by atoms with van der Waals surface area (Å²) in [5.74, 6) is 0. The van der Waals surface area contributed by atoms with Crippen LogP contribution in [-0.4, -0.2) is 43.8 Å². The van der Waals surface area contributed by atoms with Crippen molar-refractivity contribution in [1.82, 2.24) is 9.62 Å². The van der Waals surface area contributed by atoms with Gasteiger partial charge in [-0.15, -0.1) is 0 Å². The molecule has 3 rings (SSSR count). The molecule has 29 heavy (non-hydrogen) atoms. The lowest BCUT2D eigenvalue weighted by molar-refractivity contribution is 0.430. The Labute approximate surface area is 199 Å². The molecular formula is C19H20Cl2IN3O2S2. The number of nitrogens with one attached hydrogen (secondary N) is 1. The molecule has 0 amide bonds. The van der Waals surface area contributed by atoms with Gasteiger partial charge in [-0.3, -0.25) is 0 Å². The Balaban J connectivity index is 0.00000145. The number of nitrogens with zero attached hydrogens (tertiary/aromatic N) is 2. The van der Waals surface area contributed by atoms with E-state index < -0.39 is 10.0 Å². The number of rotatable bonds is 4. The van der Waals surface area contributed by atoms with Crippen molar-refractivity contribution in [3.8, 4) is 6.07 Å². The van der Waals surface area contributed by atoms with E-state index in [1.807, 2.05) is 11.0 Å². The molecule has 0 spiro atoms. The van der Waals surface area contributed by atoms with E-state index in [1.54, 1.807) is 30.3 Å². The first kappa shape index (κ1) is 24.7. The predicted molar refractivity (Wildman–Crippen MR) is 128 cm³/mol. The minimum atomic E-state index is -3.73. The van der Waals surface area contributed by atoms with Gasteiger partial charge in [-0.25, -0.2) is 8.42 Å². The number of alkyl halides is 1. The average Bonchev–Trinajstić information content (AvgIpc) is 2.99. The van der Waals surface area contributed by atoms with Crippen LogP contribution in [0.1, 0.15) is 12.0 Å². The molecule has 0 bridgehead atoms. The largest absolute Gasteiger partial charge is 0.315 e. The standard InChI is InChI=1S/C18H17Cl2N3O2S2.CH3I/c19-14-9-15(20)11-16(10-14)26-17-3-2-13(12-21)8-18(17)27(24,25)23-6-1-4-22-5-7-23;1-2/h2-3,8-11,22H,1,4-7H2;1H3. The third-order valence-corrected chi connectivity index (χ3v) is 7.61. The van der Waals surface area contributed by atoms with E-state index in [9.17, 15) is 13.7 Å². The van der Waals surface area contributed by atoms with Crippen LogP contribution in [0.3, 0.4) is 0 Å². The van der Waals surface area contributed by atoms with E-state index in [0.29, 0.717) is 40.1 Å². The van der Waals surface area contributed by atoms with Gasteiger partial charge in [0.15, 0.2) is 0 Å². The summed E-state index contributed by atoms with van der Waals surface area (Å²) in [4.78, 5) is 3.36. The molecule has 10 heteroatoms. The van der Waals surface area contributed by atoms with E-state index in [0.717, 1.165) is 17.9 Å². The van der Waals surface area contributed by atoms with Crippen LogP contribution in [0.5, 0.6) is 0 Å². The summed E-state index contributed by atoms with van der Waals surface area (Å²) < 4.78 is 28.0. The molecule has 1 N–H and O–H groups in total. The van der Waals surface area contributed by atoms with Crippen molar-refractivity contribution in [2.24, 2.45) is 0 Å². The topological polar surface area (TPSA) is 73.2 Å². The normalized spacial score (nSPS) is 15.0. The van der Waals surface area contributed by atoms with Gasteiger partial charge in [0.1, 0.15) is 0 Å². The summed E-state index contributed by atoms with van der Waals surface area (Å²) in [6.45, 7) is 2.22. The molecule has 2 aromatic rings. The van der Waals surface area contributed by atoms with Gasteiger partial charge >= 0.3 is 0 Å². The van der Waals surface area contributed by atoms with Crippen molar-refractivity contribution < 1.29 is 8.42 Å². The lowest BCUT2D eigenvalue weighted by Crippen LogP contribution is -2.34. The summed E-state index contributed by atoms with van der Waals surface area (Å²) in [6, 6.07) is 11.8. The Bertz CT molecular complexity index is 969. The van der Waals surface area contributed by atoms with E-state index >= 15 is 0 Å². The van der Waals surface area contributed by atoms with Crippen LogP contribution >= 0.6 is 57.6 Å². The highest BCUT2D eigenvalue weighted by Crippen LogP contribution is 2.37. The Morgan fingerprint density at radius 1 is 1.10 bits per heavy atom. The molecule has 0 atom stereocenters. The number of nitriles is 1. The molecular weight excluding hydrogens is 564 g/mol. The van der Waals surface area contributed by atoms with Gasteiger partial charge < -0.3 is 5.32 Å². The van der Waals surface area contributed by atoms with Gasteiger partial charge in [-0.2, -0.15) is 9.57 Å². The molecule has 2 aromatic carbocycles. The van der Waals surface area contributed by atoms with Crippen LogP contribution in [0.4, 0.5) is 0 Å². The number of sulfonamides is 1. The second kappa shape index (κ2) is 11.7. The van der Waals surface area contributed by atoms with Crippen LogP contribution in [-0.2, 0) is 10.0 Å². The second-order valence-electron chi connectivity index (χ2n) is 5.99. The highest BCUT2D eigenvalue weighted by Gasteiger charge is 2.28. The highest BCUT2D eigenvalue weighted by molar-refractivity contribution is 14.1. The SMILES string of the molecule is CI.N#Cc1ccc(Sc2cc(Cl)cc(Cl)c2)c(S(=O)(=O)N2CCCNCC2)c1. The smallest absolute Gasteiger partial charge is 0.244 e. The van der Waals surface area contributed by atoms with Crippen molar-refractivity contribution in [2.45, 2.75) is 21.1 Å². The van der Waals surface area contributed by atoms with Crippen molar-refractivity contribution >= 4 is 67.6 Å². The zero-order chi connectivity index (χ0) is 21.4. The average molecular weight is 584 g/mol. The lowest BCUT2D eigenvalue weighted by Gasteiger charge is -2.21. The second-order valence-corrected chi connectivity index (χ2v) is 9.88. The van der Waals surface area contributed by atoms with Crippen molar-refractivity contribution in [3.63, 3.8) is 0 Å². The number of hydrogen-bond acceptors (Lipinski definition) is 5. The fraction of sp³-hybridized carbons (Fsp3) is 0.316. The minimum Gasteiger partial charge on any atom is -0.315 e. The van der Waals surface area contributed by atoms with Crippen LogP contribution in [0.25, 0.3) is 0 Å². The van der Waals surface area contributed by atoms with Crippen molar-refractivity contribution in [2.75, 3.05) is 31.1 Å². The van der Waals surface area contributed by atoms with Gasteiger partial charge in [0.2, 0.25) is 10.0 Å². The molecule has 0 unspecified atom stereocenters. The first-order chi connectivity index (χ1) is 13.9. The third-order valence-electron chi connectivity index (χ3n) is 4.05. The van der Waals surface area contributed by atoms with Gasteiger partial charge in [0.25, 0.3) is 0 Å². The molecule has 1 saturated heterocycles. The molecule has 1 aliphatic rings. The Morgan fingerprint density at radius 2 is 1.79 bits per heavy atom. The van der Waals surface area contributed by atoms with Crippen LogP contribution in [0.15, 0.2) is 51.1 Å². The molecule has 0 aliphatic carbocycles. The number of hydrogen-bond donors (Lipinski definition) is 1. The Kier molecular flexibility index (Phi) is 10.0. The first-order valence-electron chi connectivity index (χ1n) is 8.67. The maximum absolute atomic E-state index is 13.3. The molecule has 0 radical (unpaired) electrons. The van der Waals surface area contributed by atoms with Crippen LogP contribution < -0.4 is 5.32 Å². The number of halogens is 3. The summed E-state index contributed by atoms with van der Waals surface area (Å²) in [6.07, 6.45) is 0.740. The molecule has 1 heterocycles. The van der Waals surface area contributed by atoms with Gasteiger partial charge in [-0.05, 0) is 54.3 Å². The van der Waals surface area contributed by atoms with Gasteiger partial charge in [0, 0.05) is 39.5 Å². The Hall–Kier alpha value is -0.540. The van der Waals surface area contributed by atoms with Gasteiger partial charge in [-0.1, -0.05) is 57.6 Å². The molecule has 0 saturated carbocycles. The highest BCUT2D eigenvalue weighted by atomic mass is 127.